The van der Waals surface area contributed by atoms with Crippen LogP contribution in [0.3, 0.4) is 0 Å². The Morgan fingerprint density at radius 2 is 0.404 bits per heavy atom. The third-order valence-electron chi connectivity index (χ3n) is 18.3. The molecule has 454 valence electrons. The highest BCUT2D eigenvalue weighted by Crippen LogP contribution is 2.50. The lowest BCUT2D eigenvalue weighted by Gasteiger charge is -2.29. The Hall–Kier alpha value is -11.5. The minimum absolute atomic E-state index is 1.07. The Labute approximate surface area is 553 Å². The van der Waals surface area contributed by atoms with E-state index < -0.39 is 0 Å². The van der Waals surface area contributed by atoms with E-state index in [4.69, 9.17) is 0 Å². The average molecular weight is 1210 g/mol. The fourth-order valence-corrected chi connectivity index (χ4v) is 14.6. The van der Waals surface area contributed by atoms with Gasteiger partial charge in [0.25, 0.3) is 0 Å². The second kappa shape index (κ2) is 24.6. The maximum Gasteiger partial charge on any atom is 0.0468 e. The zero-order chi connectivity index (χ0) is 64.1. The van der Waals surface area contributed by atoms with Crippen molar-refractivity contribution in [2.75, 3.05) is 19.6 Å². The molecule has 0 fully saturated rings. The molecule has 0 atom stereocenters. The molecule has 0 bridgehead atoms. The predicted molar refractivity (Wildman–Crippen MR) is 404 cm³/mol. The smallest absolute Gasteiger partial charge is 0.0468 e. The number of nitrogens with zero attached hydrogens (tertiary/aromatic N) is 4. The summed E-state index contributed by atoms with van der Waals surface area (Å²) in [6.45, 7) is 17.6. The maximum atomic E-state index is 2.47. The van der Waals surface area contributed by atoms with E-state index in [2.05, 4.69) is 378 Å². The van der Waals surface area contributed by atoms with Gasteiger partial charge in [-0.3, -0.25) is 0 Å². The Bertz CT molecular complexity index is 4840. The molecule has 0 aliphatic heterocycles. The summed E-state index contributed by atoms with van der Waals surface area (Å²) in [7, 11) is 0. The summed E-state index contributed by atoms with van der Waals surface area (Å²) in [5, 5.41) is 9.44. The summed E-state index contributed by atoms with van der Waals surface area (Å²) in [6.07, 6.45) is 0. The SMILES string of the molecule is Cc1cc(C)cc(N(c2cc(C)cc(C)c2)c2ccc3c(-c4ccc(N(c5ccccc5)c5ccc6ccccc6c5)cc4)c4cc(N(c5cc(C)cc(C)c5)c5cc(C)cc(C)c5)ccc4c(-c4ccc(N(c5ccccc5)c5ccc6ccccc6c5)cc4)c3c2)c1. The lowest BCUT2D eigenvalue weighted by Crippen LogP contribution is -2.12. The summed E-state index contributed by atoms with van der Waals surface area (Å²) >= 11 is 0. The van der Waals surface area contributed by atoms with Crippen molar-refractivity contribution in [2.24, 2.45) is 0 Å². The number of fused-ring (bicyclic) bond motifs is 4. The molecule has 4 nitrogen and oxygen atoms in total. The topological polar surface area (TPSA) is 13.0 Å². The molecule has 0 amide bonds. The van der Waals surface area contributed by atoms with Gasteiger partial charge in [0, 0.05) is 68.2 Å². The number of rotatable bonds is 14. The number of para-hydroxylation sites is 2. The van der Waals surface area contributed by atoms with Crippen molar-refractivity contribution in [1.82, 2.24) is 0 Å². The number of anilines is 12. The van der Waals surface area contributed by atoms with E-state index in [0.717, 1.165) is 101 Å². The van der Waals surface area contributed by atoms with E-state index in [1.54, 1.807) is 0 Å². The molecule has 0 saturated heterocycles. The fraction of sp³-hybridized carbons (Fsp3) is 0.0889. The highest BCUT2D eigenvalue weighted by molar-refractivity contribution is 6.23. The Morgan fingerprint density at radius 3 is 0.723 bits per heavy atom. The van der Waals surface area contributed by atoms with E-state index in [0.29, 0.717) is 0 Å². The van der Waals surface area contributed by atoms with Crippen molar-refractivity contribution < 1.29 is 0 Å². The summed E-state index contributed by atoms with van der Waals surface area (Å²) in [5.41, 5.74) is 27.5. The zero-order valence-corrected chi connectivity index (χ0v) is 54.7. The van der Waals surface area contributed by atoms with Crippen LogP contribution in [0.1, 0.15) is 44.5 Å². The van der Waals surface area contributed by atoms with Crippen molar-refractivity contribution in [1.29, 1.82) is 0 Å². The molecule has 0 spiro atoms. The predicted octanol–water partition coefficient (Wildman–Crippen LogP) is 26.0. The van der Waals surface area contributed by atoms with Gasteiger partial charge in [-0.15, -0.1) is 0 Å². The van der Waals surface area contributed by atoms with Crippen LogP contribution in [0, 0.1) is 55.4 Å². The standard InChI is InChI=1S/C90H74N4/c1-59-43-60(2)48-81(47-59)93(82-49-61(3)44-62(4)50-82)79-39-41-85-87(57-79)89(69-29-33-75(34-30-69)91(73-23-11-9-12-24-73)77-37-27-67-19-15-17-21-71(67)55-77)86-42-40-80(94(83-51-63(5)45-64(6)52-83)84-53-65(7)46-66(8)54-84)58-88(86)90(85)70-31-35-76(36-32-70)92(74-25-13-10-14-26-74)78-38-28-68-20-16-18-22-72(68)56-78/h9-58H,1-8H3. The van der Waals surface area contributed by atoms with Gasteiger partial charge >= 0.3 is 0 Å². The van der Waals surface area contributed by atoms with E-state index in [9.17, 15) is 0 Å². The lowest BCUT2D eigenvalue weighted by molar-refractivity contribution is 1.24. The molecule has 0 saturated carbocycles. The van der Waals surface area contributed by atoms with Crippen LogP contribution in [-0.2, 0) is 0 Å². The Morgan fingerprint density at radius 1 is 0.160 bits per heavy atom. The molecular formula is C90H74N4. The van der Waals surface area contributed by atoms with Crippen molar-refractivity contribution >= 4 is 111 Å². The molecule has 0 aliphatic rings. The van der Waals surface area contributed by atoms with Gasteiger partial charge in [0.15, 0.2) is 0 Å². The molecule has 0 radical (unpaired) electrons. The molecule has 0 aliphatic carbocycles. The van der Waals surface area contributed by atoms with Crippen LogP contribution < -0.4 is 19.6 Å². The lowest BCUT2D eigenvalue weighted by atomic mass is 9.85. The molecule has 15 aromatic carbocycles. The monoisotopic (exact) mass is 1210 g/mol. The van der Waals surface area contributed by atoms with Crippen LogP contribution in [-0.4, -0.2) is 0 Å². The highest BCUT2D eigenvalue weighted by atomic mass is 15.2. The minimum Gasteiger partial charge on any atom is -0.310 e. The zero-order valence-electron chi connectivity index (χ0n) is 54.7. The molecule has 15 rings (SSSR count). The third-order valence-corrected chi connectivity index (χ3v) is 18.3. The average Bonchev–Trinajstić information content (AvgIpc) is 0.723. The van der Waals surface area contributed by atoms with E-state index in [-0.39, 0.29) is 0 Å². The molecule has 0 heterocycles. The minimum atomic E-state index is 1.07. The molecule has 0 aromatic heterocycles. The van der Waals surface area contributed by atoms with Crippen LogP contribution in [0.25, 0.3) is 65.3 Å². The summed E-state index contributed by atoms with van der Waals surface area (Å²) in [4.78, 5) is 9.68. The van der Waals surface area contributed by atoms with Crippen LogP contribution in [0.15, 0.2) is 303 Å². The first kappa shape index (κ1) is 58.9. The highest BCUT2D eigenvalue weighted by Gasteiger charge is 2.25. The molecular weight excluding hydrogens is 1140 g/mol. The van der Waals surface area contributed by atoms with Crippen LogP contribution in [0.2, 0.25) is 0 Å². The Kier molecular flexibility index (Phi) is 15.4. The van der Waals surface area contributed by atoms with E-state index >= 15 is 0 Å². The van der Waals surface area contributed by atoms with Gasteiger partial charge < -0.3 is 19.6 Å². The fourth-order valence-electron chi connectivity index (χ4n) is 14.6. The van der Waals surface area contributed by atoms with Gasteiger partial charge in [0.1, 0.15) is 0 Å². The first-order valence-corrected chi connectivity index (χ1v) is 32.7. The largest absolute Gasteiger partial charge is 0.310 e. The van der Waals surface area contributed by atoms with Gasteiger partial charge in [0.05, 0.1) is 0 Å². The summed E-state index contributed by atoms with van der Waals surface area (Å²) < 4.78 is 0. The summed E-state index contributed by atoms with van der Waals surface area (Å²) in [6, 6.07) is 113. The quantitative estimate of drug-likeness (QED) is 0.101. The van der Waals surface area contributed by atoms with Crippen LogP contribution in [0.4, 0.5) is 68.2 Å². The molecule has 0 N–H and O–H groups in total. The van der Waals surface area contributed by atoms with Gasteiger partial charge in [-0.05, 0) is 311 Å². The van der Waals surface area contributed by atoms with Gasteiger partial charge in [-0.2, -0.15) is 0 Å². The molecule has 4 heteroatoms. The van der Waals surface area contributed by atoms with E-state index in [1.165, 1.54) is 77.2 Å². The van der Waals surface area contributed by atoms with Crippen molar-refractivity contribution in [3.63, 3.8) is 0 Å². The second-order valence-corrected chi connectivity index (χ2v) is 25.8. The molecule has 94 heavy (non-hydrogen) atoms. The Balaban J connectivity index is 1.01. The van der Waals surface area contributed by atoms with Crippen molar-refractivity contribution in [2.45, 2.75) is 55.4 Å². The normalized spacial score (nSPS) is 11.4. The van der Waals surface area contributed by atoms with E-state index in [1.807, 2.05) is 0 Å². The first-order valence-electron chi connectivity index (χ1n) is 32.7. The molecule has 15 aromatic rings. The number of benzene rings is 15. The van der Waals surface area contributed by atoms with Gasteiger partial charge in [-0.25, -0.2) is 0 Å². The third kappa shape index (κ3) is 11.5. The van der Waals surface area contributed by atoms with Gasteiger partial charge in [0.2, 0.25) is 0 Å². The number of hydrogen-bond acceptors (Lipinski definition) is 4. The first-order chi connectivity index (χ1) is 45.8. The summed E-state index contributed by atoms with van der Waals surface area (Å²) in [5.74, 6) is 0. The maximum absolute atomic E-state index is 2.47. The molecule has 0 unspecified atom stereocenters. The van der Waals surface area contributed by atoms with Crippen LogP contribution >= 0.6 is 0 Å². The van der Waals surface area contributed by atoms with Crippen molar-refractivity contribution in [3.8, 4) is 22.3 Å². The van der Waals surface area contributed by atoms with Gasteiger partial charge in [-0.1, -0.05) is 158 Å². The van der Waals surface area contributed by atoms with Crippen molar-refractivity contribution in [3.05, 3.63) is 348 Å². The second-order valence-electron chi connectivity index (χ2n) is 25.8. The number of hydrogen-bond donors (Lipinski definition) is 0. The number of aryl methyl sites for hydroxylation is 8. The van der Waals surface area contributed by atoms with Crippen LogP contribution in [0.5, 0.6) is 0 Å².